The average molecular weight is 977 g/mol. The zero-order valence-electron chi connectivity index (χ0n) is 40.4. The van der Waals surface area contributed by atoms with Crippen molar-refractivity contribution in [2.75, 3.05) is 9.80 Å². The molecule has 8 heteroatoms. The molecule has 0 aromatic heterocycles. The summed E-state index contributed by atoms with van der Waals surface area (Å²) in [7, 11) is 0. The smallest absolute Gasteiger partial charge is 0.148 e. The molecule has 0 heterocycles. The van der Waals surface area contributed by atoms with Crippen LogP contribution in [0.25, 0.3) is 76.8 Å². The predicted molar refractivity (Wildman–Crippen MR) is 300 cm³/mol. The fourth-order valence-corrected chi connectivity index (χ4v) is 10.4. The number of halogens is 2. The normalized spacial score (nSPS) is 11.0. The van der Waals surface area contributed by atoms with Gasteiger partial charge in [-0.1, -0.05) is 121 Å². The van der Waals surface area contributed by atoms with E-state index in [1.807, 2.05) is 143 Å². The van der Waals surface area contributed by atoms with Gasteiger partial charge in [0.25, 0.3) is 0 Å². The number of benzene rings is 12. The van der Waals surface area contributed by atoms with Gasteiger partial charge in [-0.3, -0.25) is 0 Å². The Hall–Kier alpha value is -10.9. The summed E-state index contributed by atoms with van der Waals surface area (Å²) < 4.78 is 35.6. The average Bonchev–Trinajstić information content (AvgIpc) is 3.61. The summed E-state index contributed by atoms with van der Waals surface area (Å²) in [6, 6.07) is 80.0. The number of rotatable bonds is 10. The van der Waals surface area contributed by atoms with Gasteiger partial charge in [0.1, 0.15) is 11.6 Å². The van der Waals surface area contributed by atoms with Crippen LogP contribution in [0, 0.1) is 57.0 Å². The van der Waals surface area contributed by atoms with Gasteiger partial charge in [-0.2, -0.15) is 21.0 Å². The van der Waals surface area contributed by atoms with E-state index in [1.54, 1.807) is 48.5 Å². The monoisotopic (exact) mass is 976 g/mol. The van der Waals surface area contributed by atoms with Crippen molar-refractivity contribution < 1.29 is 8.78 Å². The number of para-hydroxylation sites is 2. The van der Waals surface area contributed by atoms with Gasteiger partial charge < -0.3 is 9.80 Å². The summed E-state index contributed by atoms with van der Waals surface area (Å²) in [4.78, 5) is 3.92. The number of anilines is 6. The first-order valence-electron chi connectivity index (χ1n) is 24.4. The number of hydrogen-bond donors (Lipinski definition) is 0. The zero-order chi connectivity index (χ0) is 51.9. The van der Waals surface area contributed by atoms with Gasteiger partial charge in [0.2, 0.25) is 0 Å². The second-order valence-corrected chi connectivity index (χ2v) is 18.4. The largest absolute Gasteiger partial charge is 0.307 e. The molecule has 0 unspecified atom stereocenters. The molecule has 0 saturated carbocycles. The Bertz CT molecular complexity index is 4090. The number of nitriles is 4. The first-order valence-corrected chi connectivity index (χ1v) is 24.4. The maximum Gasteiger partial charge on any atom is 0.148 e. The molecule has 12 rings (SSSR count). The van der Waals surface area contributed by atoms with E-state index in [4.69, 9.17) is 0 Å². The highest BCUT2D eigenvalue weighted by Crippen LogP contribution is 2.52. The standard InChI is InChI=1S/C68H38F2N6/c69-61-37-53(47-19-11-43(39-71)12-20-47)35-59(49-23-15-45(41-73)16-24-49)67(61)75(55-7-3-1-4-8-55)63-33-29-51-28-32-58-64(34-30-52-27-31-57(63)65(51)66(52)58)76(56-9-5-2-6-10-56)68-60(50-25-17-46(42-74)18-26-50)36-54(38-62(68)70)48-21-13-44(40-72)14-22-48/h1-38H. The number of nitrogens with zero attached hydrogens (tertiary/aromatic N) is 6. The molecule has 0 aliphatic carbocycles. The molecular formula is C68H38F2N6. The van der Waals surface area contributed by atoms with Gasteiger partial charge in [-0.25, -0.2) is 8.78 Å². The maximum atomic E-state index is 17.8. The molecule has 12 aromatic carbocycles. The predicted octanol–water partition coefficient (Wildman–Crippen LogP) is 18.0. The molecule has 0 amide bonds. The van der Waals surface area contributed by atoms with E-state index in [9.17, 15) is 21.0 Å². The lowest BCUT2D eigenvalue weighted by molar-refractivity contribution is 0.629. The molecule has 0 N–H and O–H groups in total. The van der Waals surface area contributed by atoms with E-state index in [0.717, 1.165) is 43.4 Å². The second-order valence-electron chi connectivity index (χ2n) is 18.4. The van der Waals surface area contributed by atoms with Crippen LogP contribution < -0.4 is 9.80 Å². The van der Waals surface area contributed by atoms with Crippen molar-refractivity contribution >= 4 is 66.4 Å². The summed E-state index contributed by atoms with van der Waals surface area (Å²) in [5.41, 5.74) is 10.7. The van der Waals surface area contributed by atoms with Gasteiger partial charge in [0.15, 0.2) is 0 Å². The Morgan fingerprint density at radius 3 is 0.947 bits per heavy atom. The Balaban J connectivity index is 1.10. The van der Waals surface area contributed by atoms with Gasteiger partial charge in [0, 0.05) is 33.3 Å². The molecule has 0 aliphatic heterocycles. The molecule has 0 saturated heterocycles. The molecule has 354 valence electrons. The molecule has 0 aliphatic rings. The topological polar surface area (TPSA) is 102 Å². The van der Waals surface area contributed by atoms with Crippen molar-refractivity contribution in [3.63, 3.8) is 0 Å². The van der Waals surface area contributed by atoms with Crippen LogP contribution in [-0.2, 0) is 0 Å². The van der Waals surface area contributed by atoms with Gasteiger partial charge in [-0.15, -0.1) is 0 Å². The summed E-state index contributed by atoms with van der Waals surface area (Å²) in [6.07, 6.45) is 0. The van der Waals surface area contributed by atoms with Crippen molar-refractivity contribution in [3.05, 3.63) is 264 Å². The number of hydrogen-bond acceptors (Lipinski definition) is 6. The molecule has 6 nitrogen and oxygen atoms in total. The molecule has 0 fully saturated rings. The highest BCUT2D eigenvalue weighted by atomic mass is 19.1. The van der Waals surface area contributed by atoms with E-state index in [-0.39, 0.29) is 0 Å². The summed E-state index contributed by atoms with van der Waals surface area (Å²) in [5, 5.41) is 44.1. The van der Waals surface area contributed by atoms with Crippen molar-refractivity contribution in [3.8, 4) is 68.8 Å². The van der Waals surface area contributed by atoms with Gasteiger partial charge >= 0.3 is 0 Å². The van der Waals surface area contributed by atoms with Crippen LogP contribution in [0.1, 0.15) is 22.3 Å². The fourth-order valence-electron chi connectivity index (χ4n) is 10.4. The molecule has 0 atom stereocenters. The zero-order valence-corrected chi connectivity index (χ0v) is 40.4. The minimum atomic E-state index is -0.484. The summed E-state index contributed by atoms with van der Waals surface area (Å²) in [5.74, 6) is -0.969. The Kier molecular flexibility index (Phi) is 11.7. The van der Waals surface area contributed by atoms with Crippen molar-refractivity contribution in [2.24, 2.45) is 0 Å². The molecule has 0 radical (unpaired) electrons. The minimum absolute atomic E-state index is 0.300. The quantitative estimate of drug-likeness (QED) is 0.127. The fraction of sp³-hybridized carbons (Fsp3) is 0. The third kappa shape index (κ3) is 8.12. The van der Waals surface area contributed by atoms with E-state index in [0.29, 0.717) is 89.8 Å². The lowest BCUT2D eigenvalue weighted by Crippen LogP contribution is -2.14. The van der Waals surface area contributed by atoms with Crippen molar-refractivity contribution in [2.45, 2.75) is 0 Å². The first kappa shape index (κ1) is 46.2. The lowest BCUT2D eigenvalue weighted by atomic mass is 9.90. The van der Waals surface area contributed by atoms with Crippen molar-refractivity contribution in [1.82, 2.24) is 0 Å². The van der Waals surface area contributed by atoms with Crippen LogP contribution in [0.2, 0.25) is 0 Å². The third-order valence-electron chi connectivity index (χ3n) is 14.0. The van der Waals surface area contributed by atoms with Crippen LogP contribution in [-0.4, -0.2) is 0 Å². The summed E-state index contributed by atoms with van der Waals surface area (Å²) >= 11 is 0. The van der Waals surface area contributed by atoms with Gasteiger partial charge in [0.05, 0.1) is 69.3 Å². The van der Waals surface area contributed by atoms with Crippen LogP contribution in [0.3, 0.4) is 0 Å². The SMILES string of the molecule is N#Cc1ccc(-c2cc(F)c(N(c3ccccc3)c3ccc4ccc5c(N(c6ccccc6)c6c(F)cc(-c7ccc(C#N)cc7)cc6-c6ccc(C#N)cc6)ccc6ccc3c4c65)c(-c3ccc(C#N)cc3)c2)cc1. The van der Waals surface area contributed by atoms with Crippen molar-refractivity contribution in [1.29, 1.82) is 21.0 Å². The minimum Gasteiger partial charge on any atom is -0.307 e. The Morgan fingerprint density at radius 2 is 0.618 bits per heavy atom. The Labute approximate surface area is 437 Å². The lowest BCUT2D eigenvalue weighted by Gasteiger charge is -2.31. The second kappa shape index (κ2) is 19.3. The van der Waals surface area contributed by atoms with E-state index in [2.05, 4.69) is 60.7 Å². The Morgan fingerprint density at radius 1 is 0.303 bits per heavy atom. The van der Waals surface area contributed by atoms with Crippen LogP contribution >= 0.6 is 0 Å². The highest BCUT2D eigenvalue weighted by Gasteiger charge is 2.28. The first-order chi connectivity index (χ1) is 37.3. The van der Waals surface area contributed by atoms with Gasteiger partial charge in [-0.05, 0) is 164 Å². The van der Waals surface area contributed by atoms with E-state index in [1.165, 1.54) is 12.1 Å². The molecular weight excluding hydrogens is 939 g/mol. The van der Waals surface area contributed by atoms with E-state index < -0.39 is 11.6 Å². The third-order valence-corrected chi connectivity index (χ3v) is 14.0. The van der Waals surface area contributed by atoms with Crippen LogP contribution in [0.4, 0.5) is 42.9 Å². The van der Waals surface area contributed by atoms with E-state index >= 15 is 8.78 Å². The summed E-state index contributed by atoms with van der Waals surface area (Å²) in [6.45, 7) is 0. The van der Waals surface area contributed by atoms with Crippen LogP contribution in [0.15, 0.2) is 231 Å². The molecule has 0 spiro atoms. The molecule has 12 aromatic rings. The van der Waals surface area contributed by atoms with Crippen LogP contribution in [0.5, 0.6) is 0 Å². The maximum absolute atomic E-state index is 17.8. The molecule has 0 bridgehead atoms. The molecule has 76 heavy (non-hydrogen) atoms. The highest BCUT2D eigenvalue weighted by molar-refractivity contribution is 6.28.